The molecule has 0 aromatic carbocycles. The molecule has 0 spiro atoms. The molecule has 0 radical (unpaired) electrons. The van der Waals surface area contributed by atoms with E-state index in [0.717, 1.165) is 42.7 Å². The third-order valence-electron chi connectivity index (χ3n) is 2.76. The lowest BCUT2D eigenvalue weighted by Gasteiger charge is -2.15. The zero-order valence-electron chi connectivity index (χ0n) is 10.0. The standard InChI is InChI=1S/C11H18N4O/c1-7-10(12-3)13-8(2)14-11(7)15-9-4-5-16-6-9/h9H,4-6H2,1-3H3,(H2,12,13,14,15). The Morgan fingerprint density at radius 1 is 1.25 bits per heavy atom. The predicted molar refractivity (Wildman–Crippen MR) is 63.9 cm³/mol. The van der Waals surface area contributed by atoms with E-state index in [1.807, 2.05) is 20.9 Å². The number of rotatable bonds is 3. The number of anilines is 2. The number of aromatic nitrogens is 2. The van der Waals surface area contributed by atoms with Crippen molar-refractivity contribution in [3.8, 4) is 0 Å². The molecule has 1 aliphatic heterocycles. The van der Waals surface area contributed by atoms with Gasteiger partial charge in [-0.1, -0.05) is 0 Å². The smallest absolute Gasteiger partial charge is 0.135 e. The van der Waals surface area contributed by atoms with E-state index in [0.29, 0.717) is 6.04 Å². The van der Waals surface area contributed by atoms with E-state index in [-0.39, 0.29) is 0 Å². The third-order valence-corrected chi connectivity index (χ3v) is 2.76. The van der Waals surface area contributed by atoms with Crippen molar-refractivity contribution in [1.82, 2.24) is 9.97 Å². The first-order valence-electron chi connectivity index (χ1n) is 5.58. The summed E-state index contributed by atoms with van der Waals surface area (Å²) < 4.78 is 5.33. The Hall–Kier alpha value is -1.36. The first-order valence-corrected chi connectivity index (χ1v) is 5.58. The van der Waals surface area contributed by atoms with Crippen LogP contribution in [0.15, 0.2) is 0 Å². The average molecular weight is 222 g/mol. The fraction of sp³-hybridized carbons (Fsp3) is 0.636. The van der Waals surface area contributed by atoms with E-state index >= 15 is 0 Å². The molecule has 1 fully saturated rings. The van der Waals surface area contributed by atoms with Gasteiger partial charge in [-0.25, -0.2) is 9.97 Å². The van der Waals surface area contributed by atoms with E-state index in [4.69, 9.17) is 4.74 Å². The van der Waals surface area contributed by atoms with Crippen molar-refractivity contribution in [3.05, 3.63) is 11.4 Å². The second-order valence-electron chi connectivity index (χ2n) is 4.05. The summed E-state index contributed by atoms with van der Waals surface area (Å²) in [5, 5.41) is 6.49. The Labute approximate surface area is 95.6 Å². The van der Waals surface area contributed by atoms with Crippen molar-refractivity contribution in [3.63, 3.8) is 0 Å². The summed E-state index contributed by atoms with van der Waals surface area (Å²) in [4.78, 5) is 8.76. The number of aryl methyl sites for hydroxylation is 1. The van der Waals surface area contributed by atoms with Crippen molar-refractivity contribution in [2.45, 2.75) is 26.3 Å². The minimum absolute atomic E-state index is 0.373. The van der Waals surface area contributed by atoms with Crippen molar-refractivity contribution in [2.75, 3.05) is 30.9 Å². The van der Waals surface area contributed by atoms with Crippen LogP contribution in [-0.2, 0) is 4.74 Å². The molecule has 1 atom stereocenters. The van der Waals surface area contributed by atoms with Crippen LogP contribution in [0, 0.1) is 13.8 Å². The summed E-state index contributed by atoms with van der Waals surface area (Å²) in [5.74, 6) is 2.57. The zero-order valence-corrected chi connectivity index (χ0v) is 10.0. The highest BCUT2D eigenvalue weighted by molar-refractivity contribution is 5.57. The highest BCUT2D eigenvalue weighted by Crippen LogP contribution is 2.21. The highest BCUT2D eigenvalue weighted by Gasteiger charge is 2.17. The fourth-order valence-electron chi connectivity index (χ4n) is 1.85. The van der Waals surface area contributed by atoms with Gasteiger partial charge in [0.25, 0.3) is 0 Å². The maximum atomic E-state index is 5.33. The van der Waals surface area contributed by atoms with Crippen LogP contribution in [0.2, 0.25) is 0 Å². The summed E-state index contributed by atoms with van der Waals surface area (Å²) in [7, 11) is 1.87. The van der Waals surface area contributed by atoms with Gasteiger partial charge in [0, 0.05) is 19.2 Å². The van der Waals surface area contributed by atoms with Crippen molar-refractivity contribution >= 4 is 11.6 Å². The predicted octanol–water partition coefficient (Wildman–Crippen LogP) is 1.34. The summed E-state index contributed by atoms with van der Waals surface area (Å²) in [5.41, 5.74) is 1.06. The molecule has 1 aromatic heterocycles. The van der Waals surface area contributed by atoms with Crippen LogP contribution in [0.4, 0.5) is 11.6 Å². The van der Waals surface area contributed by atoms with Gasteiger partial charge < -0.3 is 15.4 Å². The molecule has 5 nitrogen and oxygen atoms in total. The molecule has 1 saturated heterocycles. The molecule has 1 aromatic rings. The first kappa shape index (κ1) is 11.1. The van der Waals surface area contributed by atoms with E-state index in [1.54, 1.807) is 0 Å². The van der Waals surface area contributed by atoms with Gasteiger partial charge >= 0.3 is 0 Å². The SMILES string of the molecule is CNc1nc(C)nc(NC2CCOC2)c1C. The van der Waals surface area contributed by atoms with Crippen LogP contribution in [0.3, 0.4) is 0 Å². The number of ether oxygens (including phenoxy) is 1. The largest absolute Gasteiger partial charge is 0.379 e. The van der Waals surface area contributed by atoms with Gasteiger partial charge in [0.15, 0.2) is 0 Å². The molecule has 2 rings (SSSR count). The van der Waals surface area contributed by atoms with Crippen molar-refractivity contribution < 1.29 is 4.74 Å². The molecular formula is C11H18N4O. The second kappa shape index (κ2) is 4.65. The van der Waals surface area contributed by atoms with Gasteiger partial charge in [-0.15, -0.1) is 0 Å². The van der Waals surface area contributed by atoms with Crippen molar-refractivity contribution in [1.29, 1.82) is 0 Å². The Morgan fingerprint density at radius 3 is 2.62 bits per heavy atom. The molecule has 0 amide bonds. The minimum Gasteiger partial charge on any atom is -0.379 e. The van der Waals surface area contributed by atoms with Crippen LogP contribution >= 0.6 is 0 Å². The normalized spacial score (nSPS) is 19.8. The summed E-state index contributed by atoms with van der Waals surface area (Å²) in [6.07, 6.45) is 1.04. The van der Waals surface area contributed by atoms with Gasteiger partial charge in [-0.2, -0.15) is 0 Å². The maximum absolute atomic E-state index is 5.33. The summed E-state index contributed by atoms with van der Waals surface area (Å²) >= 11 is 0. The number of hydrogen-bond acceptors (Lipinski definition) is 5. The molecule has 2 heterocycles. The second-order valence-corrected chi connectivity index (χ2v) is 4.05. The zero-order chi connectivity index (χ0) is 11.5. The molecule has 1 aliphatic rings. The van der Waals surface area contributed by atoms with Crippen LogP contribution in [0.5, 0.6) is 0 Å². The van der Waals surface area contributed by atoms with Crippen LogP contribution in [0.25, 0.3) is 0 Å². The quantitative estimate of drug-likeness (QED) is 0.808. The Morgan fingerprint density at radius 2 is 2.00 bits per heavy atom. The van der Waals surface area contributed by atoms with E-state index < -0.39 is 0 Å². The molecule has 0 aliphatic carbocycles. The van der Waals surface area contributed by atoms with Gasteiger partial charge in [0.1, 0.15) is 17.5 Å². The van der Waals surface area contributed by atoms with E-state index in [9.17, 15) is 0 Å². The van der Waals surface area contributed by atoms with Crippen LogP contribution in [-0.4, -0.2) is 36.3 Å². The third kappa shape index (κ3) is 2.24. The number of nitrogens with zero attached hydrogens (tertiary/aromatic N) is 2. The van der Waals surface area contributed by atoms with Gasteiger partial charge in [0.05, 0.1) is 12.6 Å². The lowest BCUT2D eigenvalue weighted by molar-refractivity contribution is 0.195. The van der Waals surface area contributed by atoms with E-state index in [2.05, 4.69) is 20.6 Å². The number of nitrogens with one attached hydrogen (secondary N) is 2. The van der Waals surface area contributed by atoms with Gasteiger partial charge in [0.2, 0.25) is 0 Å². The molecular weight excluding hydrogens is 204 g/mol. The van der Waals surface area contributed by atoms with Crippen molar-refractivity contribution in [2.24, 2.45) is 0 Å². The molecule has 2 N–H and O–H groups in total. The molecule has 0 bridgehead atoms. The Bertz CT molecular complexity index is 374. The van der Waals surface area contributed by atoms with Gasteiger partial charge in [-0.05, 0) is 20.3 Å². The van der Waals surface area contributed by atoms with Gasteiger partial charge in [-0.3, -0.25) is 0 Å². The molecule has 16 heavy (non-hydrogen) atoms. The number of hydrogen-bond donors (Lipinski definition) is 2. The average Bonchev–Trinajstić information content (AvgIpc) is 2.75. The van der Waals surface area contributed by atoms with E-state index in [1.165, 1.54) is 0 Å². The molecule has 5 heteroatoms. The lowest BCUT2D eigenvalue weighted by atomic mass is 10.2. The fourth-order valence-corrected chi connectivity index (χ4v) is 1.85. The molecule has 0 saturated carbocycles. The summed E-state index contributed by atoms with van der Waals surface area (Å²) in [6, 6.07) is 0.373. The van der Waals surface area contributed by atoms with Crippen LogP contribution < -0.4 is 10.6 Å². The highest BCUT2D eigenvalue weighted by atomic mass is 16.5. The minimum atomic E-state index is 0.373. The topological polar surface area (TPSA) is 59.1 Å². The lowest BCUT2D eigenvalue weighted by Crippen LogP contribution is -2.21. The monoisotopic (exact) mass is 222 g/mol. The Balaban J connectivity index is 2.21. The maximum Gasteiger partial charge on any atom is 0.135 e. The Kier molecular flexibility index (Phi) is 3.24. The summed E-state index contributed by atoms with van der Waals surface area (Å²) in [6.45, 7) is 5.51. The van der Waals surface area contributed by atoms with Crippen LogP contribution in [0.1, 0.15) is 17.8 Å². The molecule has 88 valence electrons. The molecule has 1 unspecified atom stereocenters. The first-order chi connectivity index (χ1) is 7.70.